The molecule has 2 rings (SSSR count). The fourth-order valence-corrected chi connectivity index (χ4v) is 2.79. The van der Waals surface area contributed by atoms with Crippen LogP contribution in [0.3, 0.4) is 0 Å². The van der Waals surface area contributed by atoms with E-state index in [1.807, 2.05) is 0 Å². The van der Waals surface area contributed by atoms with Crippen molar-refractivity contribution in [3.63, 3.8) is 0 Å². The summed E-state index contributed by atoms with van der Waals surface area (Å²) < 4.78 is 0. The number of nitrogens with one attached hydrogen (secondary N) is 2. The van der Waals surface area contributed by atoms with E-state index in [-0.39, 0.29) is 29.3 Å². The molecule has 9 nitrogen and oxygen atoms in total. The molecular weight excluding hydrogens is 348 g/mol. The summed E-state index contributed by atoms with van der Waals surface area (Å²) in [6, 6.07) is 3.53. The summed E-state index contributed by atoms with van der Waals surface area (Å²) >= 11 is 1.08. The first-order valence-electron chi connectivity index (χ1n) is 7.19. The van der Waals surface area contributed by atoms with E-state index in [0.717, 1.165) is 23.5 Å². The Bertz CT molecular complexity index is 786. The molecular formula is C15H16N4O5S. The first-order chi connectivity index (χ1) is 11.8. The minimum Gasteiger partial charge on any atom is -0.506 e. The van der Waals surface area contributed by atoms with E-state index < -0.39 is 17.1 Å². The number of carboxylic acid groups (broad SMARTS) is 1. The van der Waals surface area contributed by atoms with Crippen molar-refractivity contribution in [2.24, 2.45) is 10.2 Å². The average Bonchev–Trinajstić information content (AvgIpc) is 2.87. The summed E-state index contributed by atoms with van der Waals surface area (Å²) in [7, 11) is 0. The number of aromatic hydroxyl groups is 1. The Kier molecular flexibility index (Phi) is 5.75. The molecule has 10 heteroatoms. The summed E-state index contributed by atoms with van der Waals surface area (Å²) in [6.45, 7) is 3.52. The summed E-state index contributed by atoms with van der Waals surface area (Å²) in [5.41, 5.74) is 0.606. The van der Waals surface area contributed by atoms with Crippen LogP contribution in [0.1, 0.15) is 30.6 Å². The highest BCUT2D eigenvalue weighted by molar-refractivity contribution is 8.15. The minimum absolute atomic E-state index is 0.0339. The molecule has 1 fully saturated rings. The molecule has 1 heterocycles. The van der Waals surface area contributed by atoms with Gasteiger partial charge in [-0.2, -0.15) is 5.10 Å². The van der Waals surface area contributed by atoms with E-state index in [1.54, 1.807) is 13.8 Å². The molecule has 1 atom stereocenters. The molecule has 1 aromatic rings. The van der Waals surface area contributed by atoms with Gasteiger partial charge in [0.25, 0.3) is 0 Å². The zero-order valence-corrected chi connectivity index (χ0v) is 14.3. The predicted octanol–water partition coefficient (Wildman–Crippen LogP) is 1.40. The maximum atomic E-state index is 12.1. The maximum Gasteiger partial charge on any atom is 0.335 e. The van der Waals surface area contributed by atoms with Crippen LogP contribution in [0, 0.1) is 0 Å². The van der Waals surface area contributed by atoms with Crippen LogP contribution in [0.4, 0.5) is 5.69 Å². The predicted molar refractivity (Wildman–Crippen MR) is 94.1 cm³/mol. The number of amidine groups is 1. The molecule has 1 unspecified atom stereocenters. The summed E-state index contributed by atoms with van der Waals surface area (Å²) in [5, 5.41) is 30.9. The van der Waals surface area contributed by atoms with Crippen LogP contribution in [0.2, 0.25) is 0 Å². The maximum absolute atomic E-state index is 12.1. The van der Waals surface area contributed by atoms with E-state index in [1.165, 1.54) is 12.1 Å². The molecule has 0 aromatic heterocycles. The first kappa shape index (κ1) is 18.5. The van der Waals surface area contributed by atoms with Gasteiger partial charge in [0.1, 0.15) is 11.0 Å². The third-order valence-corrected chi connectivity index (χ3v) is 4.08. The van der Waals surface area contributed by atoms with Crippen molar-refractivity contribution in [2.45, 2.75) is 25.5 Å². The van der Waals surface area contributed by atoms with Crippen LogP contribution in [0.5, 0.6) is 5.75 Å². The lowest BCUT2D eigenvalue weighted by Crippen LogP contribution is -2.28. The quantitative estimate of drug-likeness (QED) is 0.354. The Morgan fingerprint density at radius 2 is 2.08 bits per heavy atom. The second-order valence-corrected chi connectivity index (χ2v) is 6.53. The number of carboxylic acids is 1. The zero-order valence-electron chi connectivity index (χ0n) is 13.4. The molecule has 2 amide bonds. The largest absolute Gasteiger partial charge is 0.506 e. The van der Waals surface area contributed by atoms with Crippen LogP contribution < -0.4 is 10.6 Å². The fraction of sp³-hybridized carbons (Fsp3) is 0.267. The second-order valence-electron chi connectivity index (χ2n) is 5.34. The van der Waals surface area contributed by atoms with Gasteiger partial charge in [0.05, 0.1) is 11.3 Å². The number of rotatable bonds is 5. The van der Waals surface area contributed by atoms with Crippen molar-refractivity contribution in [2.75, 3.05) is 5.32 Å². The number of phenolic OH excluding ortho intramolecular Hbond substituents is 1. The number of hydrogen-bond donors (Lipinski definition) is 4. The van der Waals surface area contributed by atoms with E-state index in [9.17, 15) is 19.5 Å². The van der Waals surface area contributed by atoms with Crippen LogP contribution in [0.25, 0.3) is 0 Å². The van der Waals surface area contributed by atoms with Gasteiger partial charge in [-0.1, -0.05) is 11.8 Å². The smallest absolute Gasteiger partial charge is 0.335 e. The molecule has 0 saturated carbocycles. The van der Waals surface area contributed by atoms with Gasteiger partial charge < -0.3 is 20.8 Å². The lowest BCUT2D eigenvalue weighted by molar-refractivity contribution is -0.122. The Morgan fingerprint density at radius 3 is 2.72 bits per heavy atom. The third-order valence-electron chi connectivity index (χ3n) is 3.01. The van der Waals surface area contributed by atoms with Crippen LogP contribution >= 0.6 is 11.8 Å². The average molecular weight is 364 g/mol. The Hall–Kier alpha value is -2.88. The molecule has 25 heavy (non-hydrogen) atoms. The third kappa shape index (κ3) is 5.05. The van der Waals surface area contributed by atoms with E-state index in [4.69, 9.17) is 5.11 Å². The minimum atomic E-state index is -1.19. The normalized spacial score (nSPS) is 17.9. The SMILES string of the molecule is CC(C)=NN=C1NC(=O)C(CC(=O)Nc2cc(C(=O)O)ccc2O)S1. The summed E-state index contributed by atoms with van der Waals surface area (Å²) in [6.07, 6.45) is -0.166. The Morgan fingerprint density at radius 1 is 1.36 bits per heavy atom. The molecule has 0 spiro atoms. The second kappa shape index (κ2) is 7.79. The van der Waals surface area contributed by atoms with Gasteiger partial charge in [0.2, 0.25) is 11.8 Å². The van der Waals surface area contributed by atoms with Crippen molar-refractivity contribution in [3.05, 3.63) is 23.8 Å². The van der Waals surface area contributed by atoms with Crippen LogP contribution in [-0.2, 0) is 9.59 Å². The van der Waals surface area contributed by atoms with Gasteiger partial charge in [-0.05, 0) is 32.0 Å². The number of phenols is 1. The molecule has 0 aliphatic carbocycles. The van der Waals surface area contributed by atoms with Crippen LogP contribution in [-0.4, -0.2) is 44.1 Å². The summed E-state index contributed by atoms with van der Waals surface area (Å²) in [4.78, 5) is 34.9. The number of anilines is 1. The van der Waals surface area contributed by atoms with Crippen molar-refractivity contribution in [3.8, 4) is 5.75 Å². The first-order valence-corrected chi connectivity index (χ1v) is 8.06. The highest BCUT2D eigenvalue weighted by atomic mass is 32.2. The molecule has 0 bridgehead atoms. The fourth-order valence-electron chi connectivity index (χ4n) is 1.87. The Balaban J connectivity index is 2.02. The number of benzene rings is 1. The van der Waals surface area contributed by atoms with Crippen molar-refractivity contribution in [1.82, 2.24) is 5.32 Å². The molecule has 4 N–H and O–H groups in total. The topological polar surface area (TPSA) is 140 Å². The monoisotopic (exact) mass is 364 g/mol. The highest BCUT2D eigenvalue weighted by Crippen LogP contribution is 2.26. The lowest BCUT2D eigenvalue weighted by atomic mass is 10.2. The van der Waals surface area contributed by atoms with E-state index in [2.05, 4.69) is 20.8 Å². The van der Waals surface area contributed by atoms with Gasteiger partial charge in [-0.3, -0.25) is 9.59 Å². The lowest BCUT2D eigenvalue weighted by Gasteiger charge is -2.09. The van der Waals surface area contributed by atoms with Crippen molar-refractivity contribution < 1.29 is 24.6 Å². The van der Waals surface area contributed by atoms with Gasteiger partial charge in [0.15, 0.2) is 5.17 Å². The molecule has 1 aliphatic rings. The number of hydrogen-bond acceptors (Lipinski definition) is 7. The standard InChI is InChI=1S/C15H16N4O5S/c1-7(2)18-19-15-17-13(22)11(25-15)6-12(21)16-9-5-8(14(23)24)3-4-10(9)20/h3-5,11,20H,6H2,1-2H3,(H,16,21)(H,23,24)(H,17,19,22). The van der Waals surface area contributed by atoms with Gasteiger partial charge in [-0.25, -0.2) is 4.79 Å². The molecule has 132 valence electrons. The number of carbonyl (C=O) groups is 3. The Labute approximate surface area is 147 Å². The van der Waals surface area contributed by atoms with E-state index >= 15 is 0 Å². The van der Waals surface area contributed by atoms with Crippen molar-refractivity contribution >= 4 is 46.1 Å². The van der Waals surface area contributed by atoms with Crippen molar-refractivity contribution in [1.29, 1.82) is 0 Å². The zero-order chi connectivity index (χ0) is 18.6. The van der Waals surface area contributed by atoms with Crippen LogP contribution in [0.15, 0.2) is 28.4 Å². The molecule has 1 saturated heterocycles. The van der Waals surface area contributed by atoms with E-state index in [0.29, 0.717) is 5.17 Å². The molecule has 1 aromatic carbocycles. The summed E-state index contributed by atoms with van der Waals surface area (Å²) in [5.74, 6) is -2.36. The number of carbonyl (C=O) groups excluding carboxylic acids is 2. The van der Waals surface area contributed by atoms with Gasteiger partial charge in [0, 0.05) is 12.1 Å². The molecule has 1 aliphatic heterocycles. The molecule has 0 radical (unpaired) electrons. The number of aromatic carboxylic acids is 1. The highest BCUT2D eigenvalue weighted by Gasteiger charge is 2.32. The number of nitrogens with zero attached hydrogens (tertiary/aromatic N) is 2. The van der Waals surface area contributed by atoms with Gasteiger partial charge in [-0.15, -0.1) is 5.10 Å². The number of amides is 2. The number of thioether (sulfide) groups is 1. The van der Waals surface area contributed by atoms with Gasteiger partial charge >= 0.3 is 5.97 Å².